The maximum Gasteiger partial charge on any atom is 0.0853 e. The molecule has 0 atom stereocenters. The molecule has 17 heavy (non-hydrogen) atoms. The lowest BCUT2D eigenvalue weighted by Gasteiger charge is -2.06. The predicted molar refractivity (Wildman–Crippen MR) is 66.6 cm³/mol. The van der Waals surface area contributed by atoms with Crippen LogP contribution in [-0.4, -0.2) is 15.2 Å². The molecule has 2 N–H and O–H groups in total. The van der Waals surface area contributed by atoms with Gasteiger partial charge in [-0.25, -0.2) is 0 Å². The van der Waals surface area contributed by atoms with E-state index >= 15 is 0 Å². The van der Waals surface area contributed by atoms with Crippen LogP contribution in [0.25, 0.3) is 0 Å². The van der Waals surface area contributed by atoms with E-state index in [9.17, 15) is 0 Å². The molecule has 0 bridgehead atoms. The molecular formula is C13H13NO2S. The van der Waals surface area contributed by atoms with Gasteiger partial charge in [-0.2, -0.15) is 0 Å². The molecule has 2 aromatic rings. The van der Waals surface area contributed by atoms with E-state index in [2.05, 4.69) is 4.98 Å². The Labute approximate surface area is 104 Å². The summed E-state index contributed by atoms with van der Waals surface area (Å²) in [6, 6.07) is 13.6. The number of benzene rings is 1. The lowest BCUT2D eigenvalue weighted by Crippen LogP contribution is -1.96. The Morgan fingerprint density at radius 1 is 0.882 bits per heavy atom. The second kappa shape index (κ2) is 5.82. The molecule has 0 amide bonds. The summed E-state index contributed by atoms with van der Waals surface area (Å²) in [5, 5.41) is 18.2. The van der Waals surface area contributed by atoms with Gasteiger partial charge >= 0.3 is 0 Å². The highest BCUT2D eigenvalue weighted by molar-refractivity contribution is 7.99. The predicted octanol–water partition coefficient (Wildman–Crippen LogP) is 2.22. The first kappa shape index (κ1) is 12.1. The van der Waals surface area contributed by atoms with Gasteiger partial charge in [0.15, 0.2) is 0 Å². The zero-order chi connectivity index (χ0) is 12.1. The van der Waals surface area contributed by atoms with Gasteiger partial charge in [-0.15, -0.1) is 0 Å². The number of pyridine rings is 1. The zero-order valence-corrected chi connectivity index (χ0v) is 10.0. The third kappa shape index (κ3) is 3.30. The van der Waals surface area contributed by atoms with Crippen molar-refractivity contribution in [2.75, 3.05) is 0 Å². The molecule has 0 aliphatic rings. The molecule has 4 heteroatoms. The second-order valence-electron chi connectivity index (χ2n) is 3.52. The van der Waals surface area contributed by atoms with E-state index in [0.29, 0.717) is 11.4 Å². The molecule has 0 fully saturated rings. The monoisotopic (exact) mass is 247 g/mol. The number of rotatable bonds is 4. The summed E-state index contributed by atoms with van der Waals surface area (Å²) >= 11 is 1.58. The average Bonchev–Trinajstić information content (AvgIpc) is 2.39. The molecule has 88 valence electrons. The molecule has 0 radical (unpaired) electrons. The molecular weight excluding hydrogens is 234 g/mol. The van der Waals surface area contributed by atoms with Crippen molar-refractivity contribution in [3.05, 3.63) is 53.9 Å². The van der Waals surface area contributed by atoms with E-state index in [1.807, 2.05) is 42.5 Å². The average molecular weight is 247 g/mol. The van der Waals surface area contributed by atoms with Crippen LogP contribution < -0.4 is 0 Å². The first-order valence-corrected chi connectivity index (χ1v) is 6.08. The highest BCUT2D eigenvalue weighted by Crippen LogP contribution is 2.28. The van der Waals surface area contributed by atoms with E-state index in [0.717, 1.165) is 9.79 Å². The summed E-state index contributed by atoms with van der Waals surface area (Å²) in [5.74, 6) is 0. The van der Waals surface area contributed by atoms with Crippen molar-refractivity contribution < 1.29 is 10.2 Å². The van der Waals surface area contributed by atoms with Gasteiger partial charge in [0.1, 0.15) is 0 Å². The van der Waals surface area contributed by atoms with Crippen LogP contribution >= 0.6 is 11.8 Å². The normalized spacial score (nSPS) is 10.5. The van der Waals surface area contributed by atoms with E-state index in [1.54, 1.807) is 11.8 Å². The zero-order valence-electron chi connectivity index (χ0n) is 9.21. The Morgan fingerprint density at radius 3 is 2.00 bits per heavy atom. The van der Waals surface area contributed by atoms with Crippen LogP contribution in [0.1, 0.15) is 11.4 Å². The Morgan fingerprint density at radius 2 is 1.47 bits per heavy atom. The van der Waals surface area contributed by atoms with Crippen molar-refractivity contribution in [3.8, 4) is 0 Å². The molecule has 0 unspecified atom stereocenters. The number of hydrogen-bond acceptors (Lipinski definition) is 4. The topological polar surface area (TPSA) is 53.4 Å². The SMILES string of the molecule is OCc1cc(Sc2ccccc2)cc(CO)n1. The molecule has 1 aromatic heterocycles. The van der Waals surface area contributed by atoms with Gasteiger partial charge in [0, 0.05) is 9.79 Å². The van der Waals surface area contributed by atoms with Crippen LogP contribution in [0, 0.1) is 0 Å². The fourth-order valence-corrected chi connectivity index (χ4v) is 2.42. The van der Waals surface area contributed by atoms with Crippen LogP contribution in [0.5, 0.6) is 0 Å². The van der Waals surface area contributed by atoms with Crippen molar-refractivity contribution in [1.29, 1.82) is 0 Å². The standard InChI is InChI=1S/C13H13NO2S/c15-8-10-6-13(7-11(9-16)14-10)17-12-4-2-1-3-5-12/h1-7,15-16H,8-9H2. The first-order valence-electron chi connectivity index (χ1n) is 5.26. The minimum atomic E-state index is -0.115. The molecule has 0 saturated carbocycles. The van der Waals surface area contributed by atoms with E-state index in [1.165, 1.54) is 0 Å². The first-order chi connectivity index (χ1) is 8.31. The molecule has 0 saturated heterocycles. The van der Waals surface area contributed by atoms with Crippen molar-refractivity contribution in [3.63, 3.8) is 0 Å². The summed E-state index contributed by atoms with van der Waals surface area (Å²) in [6.07, 6.45) is 0. The van der Waals surface area contributed by atoms with Crippen LogP contribution in [0.3, 0.4) is 0 Å². The Balaban J connectivity index is 2.26. The summed E-state index contributed by atoms with van der Waals surface area (Å²) < 4.78 is 0. The van der Waals surface area contributed by atoms with Crippen LogP contribution in [0.2, 0.25) is 0 Å². The van der Waals surface area contributed by atoms with Crippen molar-refractivity contribution in [2.45, 2.75) is 23.0 Å². The number of aliphatic hydroxyl groups is 2. The highest BCUT2D eigenvalue weighted by atomic mass is 32.2. The van der Waals surface area contributed by atoms with Gasteiger partial charge in [0.25, 0.3) is 0 Å². The van der Waals surface area contributed by atoms with E-state index in [-0.39, 0.29) is 13.2 Å². The Bertz CT molecular complexity index is 466. The van der Waals surface area contributed by atoms with E-state index < -0.39 is 0 Å². The van der Waals surface area contributed by atoms with Gasteiger partial charge in [-0.1, -0.05) is 30.0 Å². The van der Waals surface area contributed by atoms with Crippen molar-refractivity contribution in [2.24, 2.45) is 0 Å². The summed E-state index contributed by atoms with van der Waals surface area (Å²) in [7, 11) is 0. The summed E-state index contributed by atoms with van der Waals surface area (Å²) in [4.78, 5) is 6.19. The van der Waals surface area contributed by atoms with Crippen LogP contribution in [0.15, 0.2) is 52.3 Å². The third-order valence-electron chi connectivity index (χ3n) is 2.21. The smallest absolute Gasteiger partial charge is 0.0853 e. The maximum atomic E-state index is 9.09. The van der Waals surface area contributed by atoms with Crippen LogP contribution in [0.4, 0.5) is 0 Å². The molecule has 0 spiro atoms. The van der Waals surface area contributed by atoms with Gasteiger partial charge in [0.05, 0.1) is 24.6 Å². The Hall–Kier alpha value is -1.36. The number of aromatic nitrogens is 1. The van der Waals surface area contributed by atoms with Crippen molar-refractivity contribution in [1.82, 2.24) is 4.98 Å². The summed E-state index contributed by atoms with van der Waals surface area (Å²) in [5.41, 5.74) is 1.16. The second-order valence-corrected chi connectivity index (χ2v) is 4.66. The highest BCUT2D eigenvalue weighted by Gasteiger charge is 2.03. The lowest BCUT2D eigenvalue weighted by molar-refractivity contribution is 0.265. The van der Waals surface area contributed by atoms with Gasteiger partial charge in [0.2, 0.25) is 0 Å². The van der Waals surface area contributed by atoms with Crippen molar-refractivity contribution >= 4 is 11.8 Å². The molecule has 0 aliphatic heterocycles. The fraction of sp³-hybridized carbons (Fsp3) is 0.154. The molecule has 3 nitrogen and oxygen atoms in total. The number of hydrogen-bond donors (Lipinski definition) is 2. The van der Waals surface area contributed by atoms with Crippen LogP contribution in [-0.2, 0) is 13.2 Å². The van der Waals surface area contributed by atoms with Gasteiger partial charge < -0.3 is 10.2 Å². The maximum absolute atomic E-state index is 9.09. The molecule has 2 rings (SSSR count). The van der Waals surface area contributed by atoms with Gasteiger partial charge in [-0.05, 0) is 24.3 Å². The molecule has 1 aromatic carbocycles. The van der Waals surface area contributed by atoms with Gasteiger partial charge in [-0.3, -0.25) is 4.98 Å². The lowest BCUT2D eigenvalue weighted by atomic mass is 10.3. The number of aliphatic hydroxyl groups excluding tert-OH is 2. The Kier molecular flexibility index (Phi) is 4.14. The largest absolute Gasteiger partial charge is 0.390 e. The number of nitrogens with zero attached hydrogens (tertiary/aromatic N) is 1. The third-order valence-corrected chi connectivity index (χ3v) is 3.19. The van der Waals surface area contributed by atoms with E-state index in [4.69, 9.17) is 10.2 Å². The molecule has 0 aliphatic carbocycles. The summed E-state index contributed by atoms with van der Waals surface area (Å²) in [6.45, 7) is -0.230. The quantitative estimate of drug-likeness (QED) is 0.869. The molecule has 1 heterocycles. The minimum Gasteiger partial charge on any atom is -0.390 e. The minimum absolute atomic E-state index is 0.115. The fourth-order valence-electron chi connectivity index (χ4n) is 1.46.